The molecule has 0 bridgehead atoms. The van der Waals surface area contributed by atoms with Crippen molar-refractivity contribution in [2.75, 3.05) is 16.8 Å². The summed E-state index contributed by atoms with van der Waals surface area (Å²) >= 11 is 7.46. The average Bonchev–Trinajstić information content (AvgIpc) is 2.44. The fourth-order valence-electron chi connectivity index (χ4n) is 1.83. The molecule has 0 aromatic heterocycles. The van der Waals surface area contributed by atoms with Gasteiger partial charge in [-0.05, 0) is 48.4 Å². The Kier molecular flexibility index (Phi) is 5.53. The molecule has 0 radical (unpaired) electrons. The number of aryl methyl sites for hydroxylation is 1. The lowest BCUT2D eigenvalue weighted by Gasteiger charge is -2.08. The van der Waals surface area contributed by atoms with Gasteiger partial charge >= 0.3 is 0 Å². The molecule has 2 rings (SSSR count). The lowest BCUT2D eigenvalue weighted by molar-refractivity contribution is -0.113. The maximum atomic E-state index is 11.9. The first-order valence-corrected chi connectivity index (χ1v) is 8.06. The summed E-state index contributed by atoms with van der Waals surface area (Å²) in [6.45, 7) is 1.92. The summed E-state index contributed by atoms with van der Waals surface area (Å²) in [4.78, 5) is 11.9. The Balaban J connectivity index is 1.81. The third-order valence-corrected chi connectivity index (χ3v) is 4.18. The summed E-state index contributed by atoms with van der Waals surface area (Å²) in [5.74, 6) is 1.18. The van der Waals surface area contributed by atoms with E-state index in [4.69, 9.17) is 17.3 Å². The maximum absolute atomic E-state index is 11.9. The molecule has 0 saturated heterocycles. The molecule has 0 aliphatic rings. The van der Waals surface area contributed by atoms with Crippen LogP contribution in [0.15, 0.2) is 42.5 Å². The van der Waals surface area contributed by atoms with Crippen LogP contribution in [-0.4, -0.2) is 11.7 Å². The van der Waals surface area contributed by atoms with Gasteiger partial charge in [-0.1, -0.05) is 23.7 Å². The smallest absolute Gasteiger partial charge is 0.234 e. The van der Waals surface area contributed by atoms with Crippen molar-refractivity contribution in [3.05, 3.63) is 58.6 Å². The summed E-state index contributed by atoms with van der Waals surface area (Å²) in [5, 5.41) is 3.56. The number of hydrogen-bond acceptors (Lipinski definition) is 3. The van der Waals surface area contributed by atoms with Crippen LogP contribution in [0.5, 0.6) is 0 Å². The van der Waals surface area contributed by atoms with Crippen molar-refractivity contribution in [2.45, 2.75) is 12.7 Å². The molecule has 0 heterocycles. The summed E-state index contributed by atoms with van der Waals surface area (Å²) < 4.78 is 0. The van der Waals surface area contributed by atoms with E-state index >= 15 is 0 Å². The molecule has 110 valence electrons. The van der Waals surface area contributed by atoms with E-state index in [1.54, 1.807) is 17.8 Å². The molecule has 3 N–H and O–H groups in total. The predicted molar refractivity (Wildman–Crippen MR) is 91.8 cm³/mol. The largest absolute Gasteiger partial charge is 0.399 e. The van der Waals surface area contributed by atoms with Crippen LogP contribution in [0.2, 0.25) is 5.02 Å². The Morgan fingerprint density at radius 1 is 1.24 bits per heavy atom. The van der Waals surface area contributed by atoms with Gasteiger partial charge in [-0.2, -0.15) is 0 Å². The van der Waals surface area contributed by atoms with Crippen LogP contribution >= 0.6 is 23.4 Å². The normalized spacial score (nSPS) is 10.4. The number of carbonyl (C=O) groups excluding carboxylic acids is 1. The number of thioether (sulfide) groups is 1. The van der Waals surface area contributed by atoms with Crippen LogP contribution in [-0.2, 0) is 10.5 Å². The summed E-state index contributed by atoms with van der Waals surface area (Å²) in [7, 11) is 0. The number of carbonyl (C=O) groups is 1. The minimum Gasteiger partial charge on any atom is -0.399 e. The molecular weight excluding hydrogens is 304 g/mol. The Hall–Kier alpha value is -1.65. The molecule has 0 fully saturated rings. The van der Waals surface area contributed by atoms with Crippen molar-refractivity contribution in [1.29, 1.82) is 0 Å². The van der Waals surface area contributed by atoms with E-state index in [0.29, 0.717) is 10.8 Å². The molecule has 2 aromatic carbocycles. The van der Waals surface area contributed by atoms with Crippen LogP contribution in [0.3, 0.4) is 0 Å². The first-order valence-electron chi connectivity index (χ1n) is 6.53. The number of rotatable bonds is 5. The van der Waals surface area contributed by atoms with Crippen molar-refractivity contribution in [3.63, 3.8) is 0 Å². The first kappa shape index (κ1) is 15.7. The lowest BCUT2D eigenvalue weighted by Crippen LogP contribution is -2.14. The molecule has 0 unspecified atom stereocenters. The summed E-state index contributed by atoms with van der Waals surface area (Å²) in [6.07, 6.45) is 0. The Labute approximate surface area is 133 Å². The summed E-state index contributed by atoms with van der Waals surface area (Å²) in [6, 6.07) is 13.1. The molecule has 21 heavy (non-hydrogen) atoms. The topological polar surface area (TPSA) is 55.1 Å². The Bertz CT molecular complexity index is 629. The van der Waals surface area contributed by atoms with E-state index in [2.05, 4.69) is 5.32 Å². The van der Waals surface area contributed by atoms with E-state index in [0.717, 1.165) is 28.3 Å². The highest BCUT2D eigenvalue weighted by atomic mass is 35.5. The zero-order chi connectivity index (χ0) is 15.2. The quantitative estimate of drug-likeness (QED) is 0.815. The molecule has 0 aliphatic carbocycles. The van der Waals surface area contributed by atoms with Gasteiger partial charge in [0.15, 0.2) is 0 Å². The third-order valence-electron chi connectivity index (χ3n) is 2.94. The number of nitrogen functional groups attached to an aromatic ring is 1. The van der Waals surface area contributed by atoms with Crippen LogP contribution in [0.1, 0.15) is 11.1 Å². The fourth-order valence-corrected chi connectivity index (χ4v) is 2.84. The minimum absolute atomic E-state index is 0.0131. The number of amides is 1. The van der Waals surface area contributed by atoms with Crippen LogP contribution < -0.4 is 11.1 Å². The van der Waals surface area contributed by atoms with Gasteiger partial charge in [0.25, 0.3) is 0 Å². The van der Waals surface area contributed by atoms with Gasteiger partial charge in [-0.3, -0.25) is 4.79 Å². The first-order chi connectivity index (χ1) is 10.0. The Morgan fingerprint density at radius 2 is 1.95 bits per heavy atom. The van der Waals surface area contributed by atoms with Crippen LogP contribution in [0.4, 0.5) is 11.4 Å². The van der Waals surface area contributed by atoms with Crippen LogP contribution in [0.25, 0.3) is 0 Å². The second-order valence-electron chi connectivity index (χ2n) is 4.74. The predicted octanol–water partition coefficient (Wildman–Crippen LogP) is 4.10. The van der Waals surface area contributed by atoms with Gasteiger partial charge < -0.3 is 11.1 Å². The van der Waals surface area contributed by atoms with E-state index in [1.165, 1.54) is 0 Å². The monoisotopic (exact) mass is 320 g/mol. The van der Waals surface area contributed by atoms with Crippen molar-refractivity contribution in [1.82, 2.24) is 0 Å². The van der Waals surface area contributed by atoms with Crippen LogP contribution in [0, 0.1) is 6.92 Å². The SMILES string of the molecule is Cc1cc(Cl)ccc1NC(=O)CSCc1ccc(N)cc1. The van der Waals surface area contributed by atoms with E-state index in [-0.39, 0.29) is 5.91 Å². The van der Waals surface area contributed by atoms with Crippen molar-refractivity contribution < 1.29 is 4.79 Å². The highest BCUT2D eigenvalue weighted by molar-refractivity contribution is 7.99. The van der Waals surface area contributed by atoms with E-state index < -0.39 is 0 Å². The zero-order valence-electron chi connectivity index (χ0n) is 11.7. The molecular formula is C16H17ClN2OS. The summed E-state index contributed by atoms with van der Waals surface area (Å²) in [5.41, 5.74) is 9.30. The standard InChI is InChI=1S/C16H17ClN2OS/c1-11-8-13(17)4-7-15(11)19-16(20)10-21-9-12-2-5-14(18)6-3-12/h2-8H,9-10,18H2,1H3,(H,19,20). The molecule has 0 spiro atoms. The minimum atomic E-state index is -0.0131. The average molecular weight is 321 g/mol. The Morgan fingerprint density at radius 3 is 2.62 bits per heavy atom. The number of benzene rings is 2. The molecule has 3 nitrogen and oxygen atoms in total. The third kappa shape index (κ3) is 4.99. The number of nitrogens with two attached hydrogens (primary N) is 1. The van der Waals surface area contributed by atoms with Crippen molar-refractivity contribution in [2.24, 2.45) is 0 Å². The highest BCUT2D eigenvalue weighted by Gasteiger charge is 2.05. The molecule has 0 aliphatic heterocycles. The van der Waals surface area contributed by atoms with Gasteiger partial charge in [0.2, 0.25) is 5.91 Å². The molecule has 0 atom stereocenters. The van der Waals surface area contributed by atoms with Gasteiger partial charge in [-0.15, -0.1) is 11.8 Å². The van der Waals surface area contributed by atoms with E-state index in [9.17, 15) is 4.79 Å². The second-order valence-corrected chi connectivity index (χ2v) is 6.16. The highest BCUT2D eigenvalue weighted by Crippen LogP contribution is 2.20. The van der Waals surface area contributed by atoms with Gasteiger partial charge in [0.1, 0.15) is 0 Å². The van der Waals surface area contributed by atoms with Gasteiger partial charge in [0.05, 0.1) is 5.75 Å². The number of halogens is 1. The maximum Gasteiger partial charge on any atom is 0.234 e. The molecule has 1 amide bonds. The molecule has 0 saturated carbocycles. The zero-order valence-corrected chi connectivity index (χ0v) is 13.3. The van der Waals surface area contributed by atoms with Gasteiger partial charge in [0, 0.05) is 22.2 Å². The lowest BCUT2D eigenvalue weighted by atomic mass is 10.2. The molecule has 2 aromatic rings. The number of anilines is 2. The van der Waals surface area contributed by atoms with E-state index in [1.807, 2.05) is 43.3 Å². The van der Waals surface area contributed by atoms with Crippen molar-refractivity contribution in [3.8, 4) is 0 Å². The number of nitrogens with one attached hydrogen (secondary N) is 1. The van der Waals surface area contributed by atoms with Gasteiger partial charge in [-0.25, -0.2) is 0 Å². The fraction of sp³-hybridized carbons (Fsp3) is 0.188. The molecule has 5 heteroatoms. The number of hydrogen-bond donors (Lipinski definition) is 2. The van der Waals surface area contributed by atoms with Crippen molar-refractivity contribution >= 4 is 40.6 Å². The second kappa shape index (κ2) is 7.38.